The lowest BCUT2D eigenvalue weighted by Crippen LogP contribution is -2.36. The Morgan fingerprint density at radius 3 is 2.89 bits per heavy atom. The van der Waals surface area contributed by atoms with E-state index in [2.05, 4.69) is 10.1 Å². The fraction of sp³-hybridized carbons (Fsp3) is 0.417. The van der Waals surface area contributed by atoms with Crippen molar-refractivity contribution in [2.45, 2.75) is 13.8 Å². The van der Waals surface area contributed by atoms with Gasteiger partial charge in [-0.25, -0.2) is 0 Å². The first-order valence-electron chi connectivity index (χ1n) is 5.61. The molecule has 6 nitrogen and oxygen atoms in total. The molecule has 1 rings (SSSR count). The number of aryl methyl sites for hydroxylation is 1. The Labute approximate surface area is 106 Å². The molecule has 0 saturated carbocycles. The van der Waals surface area contributed by atoms with Gasteiger partial charge in [-0.05, 0) is 19.1 Å². The molecule has 0 aliphatic carbocycles. The lowest BCUT2D eigenvalue weighted by Gasteiger charge is -2.21. The van der Waals surface area contributed by atoms with Crippen molar-refractivity contribution in [2.24, 2.45) is 16.8 Å². The van der Waals surface area contributed by atoms with Crippen LogP contribution in [0.15, 0.2) is 23.5 Å². The van der Waals surface area contributed by atoms with Crippen LogP contribution in [0.3, 0.4) is 0 Å². The topological polar surface area (TPSA) is 91.8 Å². The summed E-state index contributed by atoms with van der Waals surface area (Å²) in [5, 5.41) is 11.5. The van der Waals surface area contributed by atoms with Crippen molar-refractivity contribution in [2.75, 3.05) is 13.6 Å². The number of hydrogen-bond acceptors (Lipinski definition) is 4. The quantitative estimate of drug-likeness (QED) is 0.358. The van der Waals surface area contributed by atoms with Crippen LogP contribution in [-0.2, 0) is 0 Å². The summed E-state index contributed by atoms with van der Waals surface area (Å²) in [7, 11) is 1.68. The number of carbonyl (C=O) groups is 1. The molecule has 0 fully saturated rings. The molecular weight excluding hydrogens is 232 g/mol. The average Bonchev–Trinajstić information content (AvgIpc) is 2.37. The van der Waals surface area contributed by atoms with Crippen molar-refractivity contribution < 1.29 is 10.0 Å². The zero-order valence-electron chi connectivity index (χ0n) is 10.8. The smallest absolute Gasteiger partial charge is 0.255 e. The van der Waals surface area contributed by atoms with Crippen LogP contribution in [-0.4, -0.2) is 40.4 Å². The van der Waals surface area contributed by atoms with Gasteiger partial charge in [-0.3, -0.25) is 9.78 Å². The van der Waals surface area contributed by atoms with Gasteiger partial charge in [0.1, 0.15) is 5.84 Å². The van der Waals surface area contributed by atoms with Gasteiger partial charge in [0.15, 0.2) is 0 Å². The van der Waals surface area contributed by atoms with Gasteiger partial charge < -0.3 is 15.8 Å². The first-order chi connectivity index (χ1) is 8.47. The highest BCUT2D eigenvalue weighted by Gasteiger charge is 2.18. The van der Waals surface area contributed by atoms with E-state index in [1.54, 1.807) is 39.2 Å². The van der Waals surface area contributed by atoms with E-state index in [1.165, 1.54) is 4.90 Å². The summed E-state index contributed by atoms with van der Waals surface area (Å²) < 4.78 is 0. The number of hydrogen-bond donors (Lipinski definition) is 2. The van der Waals surface area contributed by atoms with E-state index in [-0.39, 0.29) is 17.7 Å². The van der Waals surface area contributed by atoms with E-state index in [0.717, 1.165) is 0 Å². The van der Waals surface area contributed by atoms with Crippen LogP contribution in [0.2, 0.25) is 0 Å². The molecule has 18 heavy (non-hydrogen) atoms. The Morgan fingerprint density at radius 1 is 1.67 bits per heavy atom. The molecule has 1 heterocycles. The van der Waals surface area contributed by atoms with Crippen molar-refractivity contribution in [1.82, 2.24) is 9.88 Å². The Balaban J connectivity index is 2.77. The summed E-state index contributed by atoms with van der Waals surface area (Å²) in [5.41, 5.74) is 6.73. The lowest BCUT2D eigenvalue weighted by molar-refractivity contribution is 0.0785. The monoisotopic (exact) mass is 250 g/mol. The van der Waals surface area contributed by atoms with Gasteiger partial charge in [0.25, 0.3) is 5.91 Å². The fourth-order valence-electron chi connectivity index (χ4n) is 1.60. The highest BCUT2D eigenvalue weighted by molar-refractivity contribution is 5.95. The number of carbonyl (C=O) groups excluding carboxylic acids is 1. The maximum Gasteiger partial charge on any atom is 0.255 e. The summed E-state index contributed by atoms with van der Waals surface area (Å²) in [6.07, 6.45) is 1.64. The average molecular weight is 250 g/mol. The number of amidine groups is 1. The number of aromatic nitrogens is 1. The molecule has 1 atom stereocenters. The summed E-state index contributed by atoms with van der Waals surface area (Å²) in [6.45, 7) is 3.95. The van der Waals surface area contributed by atoms with Crippen molar-refractivity contribution >= 4 is 11.7 Å². The number of pyridine rings is 1. The maximum absolute atomic E-state index is 12.2. The van der Waals surface area contributed by atoms with Crippen LogP contribution in [0, 0.1) is 12.8 Å². The van der Waals surface area contributed by atoms with E-state index in [1.807, 2.05) is 0 Å². The Bertz CT molecular complexity index is 459. The third kappa shape index (κ3) is 3.19. The molecule has 1 amide bonds. The minimum absolute atomic E-state index is 0.109. The van der Waals surface area contributed by atoms with E-state index >= 15 is 0 Å². The second kappa shape index (κ2) is 6.00. The first kappa shape index (κ1) is 14.0. The van der Waals surface area contributed by atoms with Gasteiger partial charge in [0.2, 0.25) is 0 Å². The predicted molar refractivity (Wildman–Crippen MR) is 68.5 cm³/mol. The van der Waals surface area contributed by atoms with Crippen LogP contribution in [0.4, 0.5) is 0 Å². The van der Waals surface area contributed by atoms with Crippen LogP contribution >= 0.6 is 0 Å². The molecule has 0 aromatic carbocycles. The molecule has 0 saturated heterocycles. The largest absolute Gasteiger partial charge is 0.409 e. The molecule has 1 aromatic rings. The molecule has 1 aromatic heterocycles. The normalized spacial score (nSPS) is 13.2. The van der Waals surface area contributed by atoms with E-state index in [0.29, 0.717) is 17.8 Å². The van der Waals surface area contributed by atoms with Crippen molar-refractivity contribution in [3.63, 3.8) is 0 Å². The molecular formula is C12H18N4O2. The van der Waals surface area contributed by atoms with Crippen molar-refractivity contribution in [3.05, 3.63) is 29.6 Å². The van der Waals surface area contributed by atoms with Gasteiger partial charge in [0, 0.05) is 31.4 Å². The highest BCUT2D eigenvalue weighted by atomic mass is 16.4. The summed E-state index contributed by atoms with van der Waals surface area (Å²) in [5.74, 6) is -0.225. The third-order valence-corrected chi connectivity index (χ3v) is 2.75. The van der Waals surface area contributed by atoms with Crippen molar-refractivity contribution in [3.8, 4) is 0 Å². The lowest BCUT2D eigenvalue weighted by atomic mass is 10.1. The molecule has 6 heteroatoms. The van der Waals surface area contributed by atoms with Crippen LogP contribution < -0.4 is 5.73 Å². The molecule has 0 radical (unpaired) electrons. The second-order valence-corrected chi connectivity index (χ2v) is 4.25. The van der Waals surface area contributed by atoms with Gasteiger partial charge in [0.05, 0.1) is 5.56 Å². The Hall–Kier alpha value is -2.11. The Morgan fingerprint density at radius 2 is 2.33 bits per heavy atom. The summed E-state index contributed by atoms with van der Waals surface area (Å²) >= 11 is 0. The van der Waals surface area contributed by atoms with Gasteiger partial charge in [-0.2, -0.15) is 0 Å². The van der Waals surface area contributed by atoms with Crippen molar-refractivity contribution in [1.29, 1.82) is 0 Å². The SMILES string of the molecule is Cc1ncccc1C(=O)N(C)CC(C)C(N)=NO. The zero-order chi connectivity index (χ0) is 13.7. The minimum Gasteiger partial charge on any atom is -0.409 e. The number of rotatable bonds is 4. The van der Waals surface area contributed by atoms with E-state index in [4.69, 9.17) is 10.9 Å². The van der Waals surface area contributed by atoms with Crippen LogP contribution in [0.1, 0.15) is 23.0 Å². The molecule has 0 spiro atoms. The van der Waals surface area contributed by atoms with Crippen LogP contribution in [0.5, 0.6) is 0 Å². The standard InChI is InChI=1S/C12H18N4O2/c1-8(11(13)15-18)7-16(3)12(17)10-5-4-6-14-9(10)2/h4-6,8,18H,7H2,1-3H3,(H2,13,15). The maximum atomic E-state index is 12.2. The first-order valence-corrected chi connectivity index (χ1v) is 5.61. The number of oxime groups is 1. The third-order valence-electron chi connectivity index (χ3n) is 2.75. The number of nitrogens with zero attached hydrogens (tertiary/aromatic N) is 3. The van der Waals surface area contributed by atoms with Gasteiger partial charge >= 0.3 is 0 Å². The zero-order valence-corrected chi connectivity index (χ0v) is 10.8. The predicted octanol–water partition coefficient (Wildman–Crippen LogP) is 0.845. The molecule has 0 bridgehead atoms. The molecule has 98 valence electrons. The molecule has 3 N–H and O–H groups in total. The minimum atomic E-state index is -0.207. The number of amides is 1. The van der Waals surface area contributed by atoms with E-state index < -0.39 is 0 Å². The highest BCUT2D eigenvalue weighted by Crippen LogP contribution is 2.09. The summed E-state index contributed by atoms with van der Waals surface area (Å²) in [4.78, 5) is 17.8. The van der Waals surface area contributed by atoms with E-state index in [9.17, 15) is 4.79 Å². The second-order valence-electron chi connectivity index (χ2n) is 4.25. The Kier molecular flexibility index (Phi) is 4.65. The van der Waals surface area contributed by atoms with Crippen LogP contribution in [0.25, 0.3) is 0 Å². The molecule has 0 aliphatic heterocycles. The summed E-state index contributed by atoms with van der Waals surface area (Å²) in [6, 6.07) is 3.45. The van der Waals surface area contributed by atoms with Gasteiger partial charge in [-0.1, -0.05) is 12.1 Å². The fourth-order valence-corrected chi connectivity index (χ4v) is 1.60. The van der Waals surface area contributed by atoms with Gasteiger partial charge in [-0.15, -0.1) is 0 Å². The number of nitrogens with two attached hydrogens (primary N) is 1. The molecule has 0 aliphatic rings. The molecule has 1 unspecified atom stereocenters.